The first-order chi connectivity index (χ1) is 24.8. The molecule has 0 aromatic heterocycles. The van der Waals surface area contributed by atoms with Crippen molar-refractivity contribution in [3.8, 4) is 0 Å². The summed E-state index contributed by atoms with van der Waals surface area (Å²) in [5, 5.41) is 0. The number of hydrogen-bond donors (Lipinski definition) is 0. The molecule has 2 amide bonds. The average molecular weight is 760 g/mol. The Labute approximate surface area is 311 Å². The van der Waals surface area contributed by atoms with Gasteiger partial charge in [0.2, 0.25) is 10.8 Å². The first-order valence-corrected chi connectivity index (χ1v) is 17.4. The smallest absolute Gasteiger partial charge is 0.417 e. The van der Waals surface area contributed by atoms with Crippen LogP contribution in [0.2, 0.25) is 0 Å². The lowest BCUT2D eigenvalue weighted by Gasteiger charge is -2.50. The van der Waals surface area contributed by atoms with Gasteiger partial charge >= 0.3 is 35.9 Å². The van der Waals surface area contributed by atoms with E-state index >= 15 is 0 Å². The molecule has 288 valence electrons. The summed E-state index contributed by atoms with van der Waals surface area (Å²) < 4.78 is 40.2. The molecule has 0 N–H and O–H groups in total. The van der Waals surface area contributed by atoms with Crippen molar-refractivity contribution < 1.29 is 66.7 Å². The lowest BCUT2D eigenvalue weighted by atomic mass is 9.88. The minimum Gasteiger partial charge on any atom is -0.462 e. The van der Waals surface area contributed by atoms with Gasteiger partial charge in [-0.3, -0.25) is 24.0 Å². The maximum Gasteiger partial charge on any atom is 0.417 e. The molecule has 15 nitrogen and oxygen atoms in total. The Morgan fingerprint density at radius 1 is 0.811 bits per heavy atom. The SMILES string of the molecule is CC(=O)OC[C@@H](OC(C)=O)[C@@H](OC(C)=O)C1O[C@](Sc2ccccc2)(C(=O)OCc2ccccc2)C[C@@H](OC(C)=O)[C@H]1N(C(C)=O)C(=O)OC(C)(C)C. The maximum absolute atomic E-state index is 14.5. The van der Waals surface area contributed by atoms with E-state index in [2.05, 4.69) is 0 Å². The first-order valence-electron chi connectivity index (χ1n) is 16.6. The summed E-state index contributed by atoms with van der Waals surface area (Å²) in [4.78, 5) is 90.7. The maximum atomic E-state index is 14.5. The summed E-state index contributed by atoms with van der Waals surface area (Å²) in [5.74, 6) is -5.38. The van der Waals surface area contributed by atoms with Crippen molar-refractivity contribution in [1.29, 1.82) is 0 Å². The van der Waals surface area contributed by atoms with E-state index in [0.717, 1.165) is 46.4 Å². The Morgan fingerprint density at radius 2 is 1.40 bits per heavy atom. The van der Waals surface area contributed by atoms with Crippen LogP contribution in [0.5, 0.6) is 0 Å². The van der Waals surface area contributed by atoms with Gasteiger partial charge in [0.1, 0.15) is 37.1 Å². The summed E-state index contributed by atoms with van der Waals surface area (Å²) >= 11 is 0.869. The van der Waals surface area contributed by atoms with Gasteiger partial charge in [-0.1, -0.05) is 60.3 Å². The van der Waals surface area contributed by atoms with Crippen molar-refractivity contribution in [2.45, 2.75) is 114 Å². The van der Waals surface area contributed by atoms with Crippen LogP contribution in [0.3, 0.4) is 0 Å². The molecule has 0 saturated carbocycles. The second kappa shape index (κ2) is 18.7. The van der Waals surface area contributed by atoms with E-state index in [9.17, 15) is 33.6 Å². The van der Waals surface area contributed by atoms with Gasteiger partial charge in [0, 0.05) is 45.9 Å². The quantitative estimate of drug-likeness (QED) is 0.205. The molecule has 1 heterocycles. The normalized spacial score (nSPS) is 20.8. The first kappa shape index (κ1) is 42.5. The van der Waals surface area contributed by atoms with Gasteiger partial charge in [0.05, 0.1) is 0 Å². The van der Waals surface area contributed by atoms with Crippen LogP contribution in [-0.4, -0.2) is 94.3 Å². The Kier molecular flexibility index (Phi) is 15.0. The average Bonchev–Trinajstić information content (AvgIpc) is 3.05. The predicted octanol–water partition coefficient (Wildman–Crippen LogP) is 4.52. The highest BCUT2D eigenvalue weighted by Gasteiger charge is 2.61. The Hall–Kier alpha value is -4.96. The number of thioether (sulfide) groups is 1. The molecule has 0 bridgehead atoms. The fraction of sp³-hybridized carbons (Fsp3) is 0.486. The number of ether oxygens (including phenoxy) is 7. The lowest BCUT2D eigenvalue weighted by Crippen LogP contribution is -2.69. The van der Waals surface area contributed by atoms with Gasteiger partial charge in [0.25, 0.3) is 0 Å². The molecule has 1 aliphatic heterocycles. The Balaban J connectivity index is 2.37. The summed E-state index contributed by atoms with van der Waals surface area (Å²) in [7, 11) is 0. The van der Waals surface area contributed by atoms with Crippen molar-refractivity contribution in [2.75, 3.05) is 6.61 Å². The molecule has 0 aliphatic carbocycles. The molecule has 2 aromatic rings. The van der Waals surface area contributed by atoms with E-state index in [0.29, 0.717) is 15.4 Å². The molecule has 3 rings (SSSR count). The summed E-state index contributed by atoms with van der Waals surface area (Å²) in [6.07, 6.45) is -8.57. The number of imide groups is 1. The van der Waals surface area contributed by atoms with Crippen LogP contribution in [-0.2, 0) is 68.5 Å². The van der Waals surface area contributed by atoms with Crippen LogP contribution >= 0.6 is 11.8 Å². The third-order valence-corrected chi connectivity index (χ3v) is 8.64. The van der Waals surface area contributed by atoms with Gasteiger partial charge in [0.15, 0.2) is 12.2 Å². The molecular formula is C37H45NO14S. The molecule has 2 aromatic carbocycles. The van der Waals surface area contributed by atoms with Crippen molar-refractivity contribution in [3.63, 3.8) is 0 Å². The van der Waals surface area contributed by atoms with Crippen LogP contribution in [0.15, 0.2) is 65.6 Å². The van der Waals surface area contributed by atoms with Crippen molar-refractivity contribution >= 4 is 53.6 Å². The van der Waals surface area contributed by atoms with Crippen molar-refractivity contribution in [3.05, 3.63) is 66.2 Å². The second-order valence-corrected chi connectivity index (χ2v) is 14.4. The summed E-state index contributed by atoms with van der Waals surface area (Å²) in [5.41, 5.74) is -0.504. The monoisotopic (exact) mass is 759 g/mol. The zero-order chi connectivity index (χ0) is 39.5. The second-order valence-electron chi connectivity index (χ2n) is 13.0. The van der Waals surface area contributed by atoms with Crippen LogP contribution < -0.4 is 0 Å². The molecule has 0 radical (unpaired) electrons. The van der Waals surface area contributed by atoms with E-state index in [4.69, 9.17) is 33.2 Å². The van der Waals surface area contributed by atoms with Crippen molar-refractivity contribution in [1.82, 2.24) is 4.90 Å². The molecular weight excluding hydrogens is 714 g/mol. The van der Waals surface area contributed by atoms with Gasteiger partial charge in [-0.2, -0.15) is 0 Å². The Bertz CT molecular complexity index is 1630. The fourth-order valence-electron chi connectivity index (χ4n) is 5.51. The summed E-state index contributed by atoms with van der Waals surface area (Å²) in [6.45, 7) is 9.07. The number of amides is 2. The third kappa shape index (κ3) is 12.6. The molecule has 1 saturated heterocycles. The third-order valence-electron chi connectivity index (χ3n) is 7.37. The minimum atomic E-state index is -2.14. The van der Waals surface area contributed by atoms with Crippen LogP contribution in [0, 0.1) is 0 Å². The zero-order valence-electron chi connectivity index (χ0n) is 30.9. The highest BCUT2D eigenvalue weighted by molar-refractivity contribution is 8.01. The van der Waals surface area contributed by atoms with Crippen LogP contribution in [0.1, 0.15) is 67.4 Å². The number of nitrogens with zero attached hydrogens (tertiary/aromatic N) is 1. The number of esters is 5. The van der Waals surface area contributed by atoms with Gasteiger partial charge < -0.3 is 33.2 Å². The molecule has 1 unspecified atom stereocenters. The molecule has 0 spiro atoms. The largest absolute Gasteiger partial charge is 0.462 e. The number of rotatable bonds is 13. The molecule has 6 atom stereocenters. The number of carbonyl (C=O) groups is 7. The molecule has 16 heteroatoms. The highest BCUT2D eigenvalue weighted by atomic mass is 32.2. The zero-order valence-corrected chi connectivity index (χ0v) is 31.7. The Morgan fingerprint density at radius 3 is 1.91 bits per heavy atom. The van der Waals surface area contributed by atoms with E-state index in [1.54, 1.807) is 81.4 Å². The topological polar surface area (TPSA) is 187 Å². The molecule has 1 aliphatic rings. The minimum absolute atomic E-state index is 0.208. The van der Waals surface area contributed by atoms with E-state index in [1.807, 2.05) is 0 Å². The summed E-state index contributed by atoms with van der Waals surface area (Å²) in [6, 6.07) is 15.6. The molecule has 1 fully saturated rings. The van der Waals surface area contributed by atoms with Crippen LogP contribution in [0.4, 0.5) is 4.79 Å². The van der Waals surface area contributed by atoms with E-state index in [1.165, 1.54) is 0 Å². The number of benzene rings is 2. The fourth-order valence-corrected chi connectivity index (χ4v) is 6.73. The van der Waals surface area contributed by atoms with Gasteiger partial charge in [-0.15, -0.1) is 0 Å². The molecule has 53 heavy (non-hydrogen) atoms. The van der Waals surface area contributed by atoms with E-state index < -0.39 is 95.9 Å². The van der Waals surface area contributed by atoms with Crippen LogP contribution in [0.25, 0.3) is 0 Å². The van der Waals surface area contributed by atoms with Crippen molar-refractivity contribution in [2.24, 2.45) is 0 Å². The lowest BCUT2D eigenvalue weighted by molar-refractivity contribution is -0.233. The van der Waals surface area contributed by atoms with Gasteiger partial charge in [-0.05, 0) is 38.5 Å². The number of hydrogen-bond acceptors (Lipinski definition) is 15. The highest BCUT2D eigenvalue weighted by Crippen LogP contribution is 2.47. The predicted molar refractivity (Wildman–Crippen MR) is 187 cm³/mol. The van der Waals surface area contributed by atoms with E-state index in [-0.39, 0.29) is 6.61 Å². The number of carbonyl (C=O) groups excluding carboxylic acids is 7. The standard InChI is InChI=1S/C37H45NO14S/c1-22(39)38(35(45)52-36(6,7)8)31-29(48-24(3)41)19-37(53-28-17-13-10-14-18-28,34(44)47-20-27-15-11-9-12-16-27)51-33(31)32(50-26(5)43)30(49-25(4)42)21-46-23(2)40/h9-18,29-33H,19-21H2,1-8H3/t29-,30-,31-,32-,33?,37-/m1/s1. The van der Waals surface area contributed by atoms with Gasteiger partial charge in [-0.25, -0.2) is 14.5 Å².